The minimum Gasteiger partial charge on any atom is -0.494 e. The fraction of sp³-hybridized carbons (Fsp3) is 0.625. The zero-order valence-corrected chi connectivity index (χ0v) is 12.2. The fourth-order valence-electron chi connectivity index (χ4n) is 2.80. The van der Waals surface area contributed by atoms with E-state index in [9.17, 15) is 0 Å². The zero-order valence-electron chi connectivity index (χ0n) is 12.2. The highest BCUT2D eigenvalue weighted by Crippen LogP contribution is 2.18. The van der Waals surface area contributed by atoms with Crippen molar-refractivity contribution in [1.29, 1.82) is 0 Å². The number of piperidine rings is 1. The van der Waals surface area contributed by atoms with E-state index in [1.54, 1.807) is 0 Å². The van der Waals surface area contributed by atoms with Crippen molar-refractivity contribution in [2.24, 2.45) is 5.92 Å². The van der Waals surface area contributed by atoms with Gasteiger partial charge in [0, 0.05) is 18.7 Å². The first kappa shape index (κ1) is 14.4. The summed E-state index contributed by atoms with van der Waals surface area (Å²) in [6.07, 6.45) is 2.68. The minimum atomic E-state index is 0.727. The molecule has 0 amide bonds. The molecule has 1 aromatic rings. The first-order valence-electron chi connectivity index (χ1n) is 7.39. The molecule has 0 radical (unpaired) electrons. The number of para-hydroxylation sites is 1. The molecule has 1 fully saturated rings. The molecule has 106 valence electrons. The molecule has 1 heterocycles. The first-order chi connectivity index (χ1) is 9.29. The quantitative estimate of drug-likeness (QED) is 0.852. The van der Waals surface area contributed by atoms with Crippen LogP contribution in [0.5, 0.6) is 5.75 Å². The van der Waals surface area contributed by atoms with Crippen molar-refractivity contribution in [3.63, 3.8) is 0 Å². The Bertz CT molecular complexity index is 381. The van der Waals surface area contributed by atoms with Crippen molar-refractivity contribution in [1.82, 2.24) is 10.2 Å². The average molecular weight is 262 g/mol. The largest absolute Gasteiger partial charge is 0.494 e. The molecule has 0 saturated carbocycles. The molecule has 2 rings (SSSR count). The normalized spacial score (nSPS) is 20.4. The number of nitrogens with one attached hydrogen (secondary N) is 1. The number of nitrogens with zero attached hydrogens (tertiary/aromatic N) is 1. The number of benzene rings is 1. The number of hydrogen-bond acceptors (Lipinski definition) is 3. The predicted molar refractivity (Wildman–Crippen MR) is 79.5 cm³/mol. The lowest BCUT2D eigenvalue weighted by molar-refractivity contribution is 0.206. The second-order valence-corrected chi connectivity index (χ2v) is 5.44. The number of likely N-dealkylation sites (tertiary alicyclic amines) is 1. The Morgan fingerprint density at radius 3 is 3.00 bits per heavy atom. The van der Waals surface area contributed by atoms with Gasteiger partial charge in [0.25, 0.3) is 0 Å². The van der Waals surface area contributed by atoms with Crippen LogP contribution in [0.25, 0.3) is 0 Å². The molecular formula is C16H26N2O. The maximum atomic E-state index is 5.65. The fourth-order valence-corrected chi connectivity index (χ4v) is 2.80. The lowest BCUT2D eigenvalue weighted by atomic mass is 9.98. The van der Waals surface area contributed by atoms with Crippen molar-refractivity contribution < 1.29 is 4.74 Å². The van der Waals surface area contributed by atoms with Crippen molar-refractivity contribution in [3.05, 3.63) is 29.8 Å². The maximum Gasteiger partial charge on any atom is 0.123 e. The van der Waals surface area contributed by atoms with Gasteiger partial charge < -0.3 is 15.0 Å². The molecular weight excluding hydrogens is 236 g/mol. The van der Waals surface area contributed by atoms with E-state index in [-0.39, 0.29) is 0 Å². The van der Waals surface area contributed by atoms with Crippen molar-refractivity contribution in [2.75, 3.05) is 33.3 Å². The third-order valence-corrected chi connectivity index (χ3v) is 3.74. The summed E-state index contributed by atoms with van der Waals surface area (Å²) in [4.78, 5) is 2.43. The highest BCUT2D eigenvalue weighted by molar-refractivity contribution is 5.33. The molecule has 1 aliphatic rings. The standard InChI is InChI=1S/C16H26N2O/c1-3-19-16-9-5-4-8-15(16)12-17-11-14-7-6-10-18(2)13-14/h4-5,8-9,14,17H,3,6-7,10-13H2,1-2H3. The molecule has 3 nitrogen and oxygen atoms in total. The van der Waals surface area contributed by atoms with Crippen LogP contribution in [0.1, 0.15) is 25.3 Å². The smallest absolute Gasteiger partial charge is 0.123 e. The Kier molecular flexibility index (Phi) is 5.67. The summed E-state index contributed by atoms with van der Waals surface area (Å²) < 4.78 is 5.65. The van der Waals surface area contributed by atoms with Crippen molar-refractivity contribution in [3.8, 4) is 5.75 Å². The van der Waals surface area contributed by atoms with E-state index in [0.717, 1.165) is 31.4 Å². The van der Waals surface area contributed by atoms with Crippen LogP contribution in [-0.2, 0) is 6.54 Å². The van der Waals surface area contributed by atoms with Crippen LogP contribution in [0.15, 0.2) is 24.3 Å². The summed E-state index contributed by atoms with van der Waals surface area (Å²) in [5.41, 5.74) is 1.26. The van der Waals surface area contributed by atoms with Crippen LogP contribution >= 0.6 is 0 Å². The first-order valence-corrected chi connectivity index (χ1v) is 7.39. The van der Waals surface area contributed by atoms with Gasteiger partial charge in [-0.25, -0.2) is 0 Å². The van der Waals surface area contributed by atoms with E-state index in [1.807, 2.05) is 13.0 Å². The summed E-state index contributed by atoms with van der Waals surface area (Å²) in [5.74, 6) is 1.80. The van der Waals surface area contributed by atoms with Crippen molar-refractivity contribution in [2.45, 2.75) is 26.3 Å². The van der Waals surface area contributed by atoms with E-state index in [1.165, 1.54) is 31.5 Å². The molecule has 1 N–H and O–H groups in total. The van der Waals surface area contributed by atoms with Gasteiger partial charge in [0.1, 0.15) is 5.75 Å². The van der Waals surface area contributed by atoms with Crippen LogP contribution < -0.4 is 10.1 Å². The summed E-state index contributed by atoms with van der Waals surface area (Å²) in [7, 11) is 2.22. The Hall–Kier alpha value is -1.06. The maximum absolute atomic E-state index is 5.65. The van der Waals surface area contributed by atoms with Gasteiger partial charge in [-0.05, 0) is 51.9 Å². The Balaban J connectivity index is 1.78. The molecule has 0 aromatic heterocycles. The predicted octanol–water partition coefficient (Wildman–Crippen LogP) is 2.52. The van der Waals surface area contributed by atoms with Crippen LogP contribution in [0.2, 0.25) is 0 Å². The molecule has 3 heteroatoms. The molecule has 0 bridgehead atoms. The highest BCUT2D eigenvalue weighted by atomic mass is 16.5. The lowest BCUT2D eigenvalue weighted by Gasteiger charge is -2.29. The van der Waals surface area contributed by atoms with E-state index < -0.39 is 0 Å². The van der Waals surface area contributed by atoms with E-state index >= 15 is 0 Å². The van der Waals surface area contributed by atoms with Gasteiger partial charge in [-0.1, -0.05) is 18.2 Å². The summed E-state index contributed by atoms with van der Waals surface area (Å²) >= 11 is 0. The Morgan fingerprint density at radius 1 is 1.37 bits per heavy atom. The Labute approximate surface area is 116 Å². The number of hydrogen-bond donors (Lipinski definition) is 1. The SMILES string of the molecule is CCOc1ccccc1CNCC1CCCN(C)C1. The van der Waals surface area contributed by atoms with Crippen LogP contribution in [0.4, 0.5) is 0 Å². The number of rotatable bonds is 6. The molecule has 1 aliphatic heterocycles. The second kappa shape index (κ2) is 7.51. The monoisotopic (exact) mass is 262 g/mol. The summed E-state index contributed by atoms with van der Waals surface area (Å²) in [6, 6.07) is 8.30. The molecule has 1 atom stereocenters. The molecule has 0 aliphatic carbocycles. The molecule has 19 heavy (non-hydrogen) atoms. The molecule has 1 aromatic carbocycles. The van der Waals surface area contributed by atoms with Crippen LogP contribution in [0, 0.1) is 5.92 Å². The summed E-state index contributed by atoms with van der Waals surface area (Å²) in [6.45, 7) is 7.23. The minimum absolute atomic E-state index is 0.727. The topological polar surface area (TPSA) is 24.5 Å². The number of ether oxygens (including phenoxy) is 1. The van der Waals surface area contributed by atoms with E-state index in [2.05, 4.69) is 35.5 Å². The van der Waals surface area contributed by atoms with Gasteiger partial charge in [-0.3, -0.25) is 0 Å². The average Bonchev–Trinajstić information content (AvgIpc) is 2.41. The van der Waals surface area contributed by atoms with Crippen molar-refractivity contribution >= 4 is 0 Å². The Morgan fingerprint density at radius 2 is 2.21 bits per heavy atom. The van der Waals surface area contributed by atoms with Gasteiger partial charge >= 0.3 is 0 Å². The molecule has 1 unspecified atom stereocenters. The van der Waals surface area contributed by atoms with E-state index in [0.29, 0.717) is 0 Å². The molecule has 0 spiro atoms. The highest BCUT2D eigenvalue weighted by Gasteiger charge is 2.16. The van der Waals surface area contributed by atoms with Gasteiger partial charge in [-0.2, -0.15) is 0 Å². The van der Waals surface area contributed by atoms with Gasteiger partial charge in [-0.15, -0.1) is 0 Å². The van der Waals surface area contributed by atoms with Gasteiger partial charge in [0.15, 0.2) is 0 Å². The van der Waals surface area contributed by atoms with Gasteiger partial charge in [0.2, 0.25) is 0 Å². The zero-order chi connectivity index (χ0) is 13.5. The van der Waals surface area contributed by atoms with Crippen LogP contribution in [-0.4, -0.2) is 38.2 Å². The third kappa shape index (κ3) is 4.51. The van der Waals surface area contributed by atoms with Crippen LogP contribution in [0.3, 0.4) is 0 Å². The summed E-state index contributed by atoms with van der Waals surface area (Å²) in [5, 5.41) is 3.58. The third-order valence-electron chi connectivity index (χ3n) is 3.74. The van der Waals surface area contributed by atoms with Gasteiger partial charge in [0.05, 0.1) is 6.61 Å². The molecule has 1 saturated heterocycles. The van der Waals surface area contributed by atoms with E-state index in [4.69, 9.17) is 4.74 Å². The lowest BCUT2D eigenvalue weighted by Crippen LogP contribution is -2.37. The second-order valence-electron chi connectivity index (χ2n) is 5.44.